The number of rotatable bonds is 4. The molecule has 0 aliphatic carbocycles. The third kappa shape index (κ3) is 3.27. The SMILES string of the molecule is C/C=C/c1ccccc1Oc1ccc(Br)cc1C(=O)O. The Labute approximate surface area is 125 Å². The molecular weight excluding hydrogens is 320 g/mol. The zero-order valence-electron chi connectivity index (χ0n) is 10.8. The highest BCUT2D eigenvalue weighted by Crippen LogP contribution is 2.30. The van der Waals surface area contributed by atoms with Crippen molar-refractivity contribution in [3.8, 4) is 11.5 Å². The third-order valence-corrected chi connectivity index (χ3v) is 3.15. The van der Waals surface area contributed by atoms with Crippen LogP contribution < -0.4 is 4.74 Å². The van der Waals surface area contributed by atoms with Gasteiger partial charge in [-0.1, -0.05) is 46.3 Å². The maximum Gasteiger partial charge on any atom is 0.339 e. The van der Waals surface area contributed by atoms with E-state index in [2.05, 4.69) is 15.9 Å². The number of allylic oxidation sites excluding steroid dienone is 1. The topological polar surface area (TPSA) is 46.5 Å². The van der Waals surface area contributed by atoms with Gasteiger partial charge >= 0.3 is 5.97 Å². The molecule has 0 unspecified atom stereocenters. The van der Waals surface area contributed by atoms with E-state index in [1.807, 2.05) is 43.3 Å². The van der Waals surface area contributed by atoms with E-state index >= 15 is 0 Å². The molecule has 1 N–H and O–H groups in total. The van der Waals surface area contributed by atoms with Crippen molar-refractivity contribution in [1.29, 1.82) is 0 Å². The number of carbonyl (C=O) groups is 1. The van der Waals surface area contributed by atoms with Crippen LogP contribution in [-0.2, 0) is 0 Å². The molecular formula is C16H13BrO3. The van der Waals surface area contributed by atoms with E-state index in [9.17, 15) is 9.90 Å². The minimum atomic E-state index is -1.02. The molecule has 0 aromatic heterocycles. The number of carboxylic acid groups (broad SMARTS) is 1. The summed E-state index contributed by atoms with van der Waals surface area (Å²) in [7, 11) is 0. The second kappa shape index (κ2) is 6.39. The molecule has 2 aromatic carbocycles. The minimum absolute atomic E-state index is 0.120. The molecule has 102 valence electrons. The molecule has 0 radical (unpaired) electrons. The molecule has 2 aromatic rings. The fourth-order valence-corrected chi connectivity index (χ4v) is 2.13. The Hall–Kier alpha value is -2.07. The lowest BCUT2D eigenvalue weighted by atomic mass is 10.1. The molecule has 0 saturated carbocycles. The first-order chi connectivity index (χ1) is 9.61. The van der Waals surface area contributed by atoms with Gasteiger partial charge in [0.2, 0.25) is 0 Å². The average Bonchev–Trinajstić information content (AvgIpc) is 2.43. The van der Waals surface area contributed by atoms with Crippen molar-refractivity contribution >= 4 is 28.0 Å². The van der Waals surface area contributed by atoms with Gasteiger partial charge < -0.3 is 9.84 Å². The number of hydrogen-bond acceptors (Lipinski definition) is 2. The van der Waals surface area contributed by atoms with Gasteiger partial charge in [-0.05, 0) is 31.2 Å². The molecule has 0 aliphatic heterocycles. The van der Waals surface area contributed by atoms with Crippen LogP contribution in [0.5, 0.6) is 11.5 Å². The largest absolute Gasteiger partial charge is 0.478 e. The normalized spacial score (nSPS) is 10.7. The lowest BCUT2D eigenvalue weighted by Gasteiger charge is -2.11. The molecule has 0 saturated heterocycles. The Balaban J connectivity index is 2.42. The number of aromatic carboxylic acids is 1. The van der Waals surface area contributed by atoms with Gasteiger partial charge in [0.25, 0.3) is 0 Å². The predicted octanol–water partition coefficient (Wildman–Crippen LogP) is 4.97. The van der Waals surface area contributed by atoms with E-state index in [4.69, 9.17) is 4.74 Å². The summed E-state index contributed by atoms with van der Waals surface area (Å²) in [6, 6.07) is 12.4. The van der Waals surface area contributed by atoms with Crippen LogP contribution in [-0.4, -0.2) is 11.1 Å². The average molecular weight is 333 g/mol. The van der Waals surface area contributed by atoms with Gasteiger partial charge in [-0.25, -0.2) is 4.79 Å². The Kier molecular flexibility index (Phi) is 4.58. The van der Waals surface area contributed by atoms with E-state index in [0.29, 0.717) is 16.0 Å². The van der Waals surface area contributed by atoms with Crippen LogP contribution in [0.2, 0.25) is 0 Å². The molecule has 0 bridgehead atoms. The first kappa shape index (κ1) is 14.3. The highest BCUT2D eigenvalue weighted by atomic mass is 79.9. The van der Waals surface area contributed by atoms with Gasteiger partial charge in [0, 0.05) is 10.0 Å². The molecule has 4 heteroatoms. The van der Waals surface area contributed by atoms with Crippen LogP contribution in [0.15, 0.2) is 53.0 Å². The van der Waals surface area contributed by atoms with E-state index in [0.717, 1.165) is 5.56 Å². The first-order valence-corrected chi connectivity index (χ1v) is 6.83. The fourth-order valence-electron chi connectivity index (χ4n) is 1.77. The smallest absolute Gasteiger partial charge is 0.339 e. The fraction of sp³-hybridized carbons (Fsp3) is 0.0625. The summed E-state index contributed by atoms with van der Waals surface area (Å²) < 4.78 is 6.45. The van der Waals surface area contributed by atoms with Crippen molar-refractivity contribution in [1.82, 2.24) is 0 Å². The van der Waals surface area contributed by atoms with Gasteiger partial charge in [0.1, 0.15) is 17.1 Å². The van der Waals surface area contributed by atoms with Gasteiger partial charge in [-0.3, -0.25) is 0 Å². The summed E-state index contributed by atoms with van der Waals surface area (Å²) in [4.78, 5) is 11.3. The standard InChI is InChI=1S/C16H13BrO3/c1-2-5-11-6-3-4-7-14(11)20-15-9-8-12(17)10-13(15)16(18)19/h2-10H,1H3,(H,18,19)/b5-2+. The molecule has 0 fully saturated rings. The number of ether oxygens (including phenoxy) is 1. The van der Waals surface area contributed by atoms with Crippen LogP contribution in [0, 0.1) is 0 Å². The van der Waals surface area contributed by atoms with Crippen molar-refractivity contribution < 1.29 is 14.6 Å². The summed E-state index contributed by atoms with van der Waals surface area (Å²) in [6.45, 7) is 1.92. The number of para-hydroxylation sites is 1. The molecule has 0 spiro atoms. The summed E-state index contributed by atoms with van der Waals surface area (Å²) in [5.74, 6) is -0.0853. The monoisotopic (exact) mass is 332 g/mol. The predicted molar refractivity (Wildman–Crippen MR) is 82.3 cm³/mol. The Morgan fingerprint density at radius 3 is 2.65 bits per heavy atom. The van der Waals surface area contributed by atoms with Crippen molar-refractivity contribution in [2.24, 2.45) is 0 Å². The van der Waals surface area contributed by atoms with E-state index in [1.54, 1.807) is 12.1 Å². The second-order valence-corrected chi connectivity index (χ2v) is 5.00. The molecule has 2 rings (SSSR count). The lowest BCUT2D eigenvalue weighted by Crippen LogP contribution is -2.00. The summed E-state index contributed by atoms with van der Waals surface area (Å²) in [5, 5.41) is 9.23. The van der Waals surface area contributed by atoms with Crippen LogP contribution in [0.1, 0.15) is 22.8 Å². The summed E-state index contributed by atoms with van der Waals surface area (Å²) >= 11 is 3.26. The van der Waals surface area contributed by atoms with Crippen molar-refractivity contribution in [3.05, 3.63) is 64.1 Å². The Morgan fingerprint density at radius 2 is 1.95 bits per heavy atom. The zero-order chi connectivity index (χ0) is 14.5. The maximum absolute atomic E-state index is 11.3. The second-order valence-electron chi connectivity index (χ2n) is 4.09. The van der Waals surface area contributed by atoms with Crippen molar-refractivity contribution in [2.45, 2.75) is 6.92 Å². The number of hydrogen-bond donors (Lipinski definition) is 1. The number of benzene rings is 2. The Morgan fingerprint density at radius 1 is 1.20 bits per heavy atom. The van der Waals surface area contributed by atoms with Crippen LogP contribution >= 0.6 is 15.9 Å². The molecule has 0 heterocycles. The van der Waals surface area contributed by atoms with Gasteiger partial charge in [0.05, 0.1) is 0 Å². The van der Waals surface area contributed by atoms with E-state index in [1.165, 1.54) is 6.07 Å². The molecule has 20 heavy (non-hydrogen) atoms. The zero-order valence-corrected chi connectivity index (χ0v) is 12.4. The number of carboxylic acids is 1. The van der Waals surface area contributed by atoms with Crippen LogP contribution in [0.25, 0.3) is 6.08 Å². The molecule has 0 aliphatic rings. The van der Waals surface area contributed by atoms with Crippen LogP contribution in [0.3, 0.4) is 0 Å². The van der Waals surface area contributed by atoms with Gasteiger partial charge in [-0.15, -0.1) is 0 Å². The van der Waals surface area contributed by atoms with Crippen LogP contribution in [0.4, 0.5) is 0 Å². The molecule has 3 nitrogen and oxygen atoms in total. The van der Waals surface area contributed by atoms with Gasteiger partial charge in [0.15, 0.2) is 0 Å². The lowest BCUT2D eigenvalue weighted by molar-refractivity contribution is 0.0694. The molecule has 0 atom stereocenters. The maximum atomic E-state index is 11.3. The Bertz CT molecular complexity index is 663. The highest BCUT2D eigenvalue weighted by molar-refractivity contribution is 9.10. The minimum Gasteiger partial charge on any atom is -0.478 e. The summed E-state index contributed by atoms with van der Waals surface area (Å²) in [6.07, 6.45) is 3.82. The van der Waals surface area contributed by atoms with E-state index in [-0.39, 0.29) is 5.56 Å². The quantitative estimate of drug-likeness (QED) is 0.859. The molecule has 0 amide bonds. The first-order valence-electron chi connectivity index (χ1n) is 6.04. The van der Waals surface area contributed by atoms with E-state index < -0.39 is 5.97 Å². The third-order valence-electron chi connectivity index (χ3n) is 2.66. The highest BCUT2D eigenvalue weighted by Gasteiger charge is 2.13. The number of halogens is 1. The van der Waals surface area contributed by atoms with Crippen molar-refractivity contribution in [3.63, 3.8) is 0 Å². The van der Waals surface area contributed by atoms with Gasteiger partial charge in [-0.2, -0.15) is 0 Å². The van der Waals surface area contributed by atoms with Crippen molar-refractivity contribution in [2.75, 3.05) is 0 Å². The summed E-state index contributed by atoms with van der Waals surface area (Å²) in [5.41, 5.74) is 1.02.